The number of amides is 1. The van der Waals surface area contributed by atoms with E-state index in [0.29, 0.717) is 44.3 Å². The molecule has 0 bridgehead atoms. The van der Waals surface area contributed by atoms with Crippen molar-refractivity contribution in [3.8, 4) is 0 Å². The average Bonchev–Trinajstić information content (AvgIpc) is 2.62. The van der Waals surface area contributed by atoms with Crippen LogP contribution in [0.1, 0.15) is 12.8 Å². The Balaban J connectivity index is 1.72. The fraction of sp³-hybridized carbons (Fsp3) is 0.562. The van der Waals surface area contributed by atoms with E-state index in [2.05, 4.69) is 0 Å². The van der Waals surface area contributed by atoms with Gasteiger partial charge < -0.3 is 9.64 Å². The van der Waals surface area contributed by atoms with E-state index in [0.717, 1.165) is 6.42 Å². The summed E-state index contributed by atoms with van der Waals surface area (Å²) in [4.78, 5) is 14.6. The summed E-state index contributed by atoms with van der Waals surface area (Å²) in [6.45, 7) is 2.94. The van der Waals surface area contributed by atoms with Gasteiger partial charge in [-0.2, -0.15) is 4.31 Å². The predicted octanol–water partition coefficient (Wildman–Crippen LogP) is 1.60. The van der Waals surface area contributed by atoms with Crippen LogP contribution in [-0.4, -0.2) is 62.9 Å². The zero-order chi connectivity index (χ0) is 17.2. The maximum Gasteiger partial charge on any atom is 0.243 e. The van der Waals surface area contributed by atoms with Gasteiger partial charge in [0.1, 0.15) is 0 Å². The van der Waals surface area contributed by atoms with Crippen LogP contribution in [0.5, 0.6) is 0 Å². The molecule has 1 atom stereocenters. The van der Waals surface area contributed by atoms with Crippen LogP contribution in [0.3, 0.4) is 0 Å². The molecule has 1 amide bonds. The number of halogens is 1. The molecule has 0 N–H and O–H groups in total. The monoisotopic (exact) mass is 372 g/mol. The van der Waals surface area contributed by atoms with Crippen molar-refractivity contribution in [2.75, 3.05) is 39.4 Å². The number of sulfonamides is 1. The van der Waals surface area contributed by atoms with Crippen molar-refractivity contribution in [3.05, 3.63) is 29.3 Å². The van der Waals surface area contributed by atoms with Crippen LogP contribution in [-0.2, 0) is 19.6 Å². The molecule has 24 heavy (non-hydrogen) atoms. The number of morpholine rings is 1. The molecule has 2 aliphatic rings. The molecule has 2 saturated heterocycles. The van der Waals surface area contributed by atoms with Crippen LogP contribution in [0.15, 0.2) is 29.2 Å². The fourth-order valence-corrected chi connectivity index (χ4v) is 4.81. The average molecular weight is 373 g/mol. The van der Waals surface area contributed by atoms with E-state index in [1.807, 2.05) is 0 Å². The molecule has 2 fully saturated rings. The first-order valence-electron chi connectivity index (χ1n) is 8.11. The van der Waals surface area contributed by atoms with Gasteiger partial charge in [-0.15, -0.1) is 0 Å². The van der Waals surface area contributed by atoms with E-state index in [4.69, 9.17) is 16.3 Å². The number of nitrogens with zero attached hydrogens (tertiary/aromatic N) is 2. The lowest BCUT2D eigenvalue weighted by molar-refractivity contribution is -0.140. The van der Waals surface area contributed by atoms with E-state index in [1.54, 1.807) is 17.0 Å². The first-order valence-corrected chi connectivity index (χ1v) is 9.92. The van der Waals surface area contributed by atoms with Gasteiger partial charge in [0, 0.05) is 31.2 Å². The van der Waals surface area contributed by atoms with Crippen LogP contribution >= 0.6 is 11.6 Å². The third-order valence-corrected chi connectivity index (χ3v) is 6.64. The van der Waals surface area contributed by atoms with E-state index in [-0.39, 0.29) is 23.3 Å². The van der Waals surface area contributed by atoms with Crippen LogP contribution in [0.25, 0.3) is 0 Å². The number of carbonyl (C=O) groups excluding carboxylic acids is 1. The number of rotatable bonds is 3. The first-order chi connectivity index (χ1) is 11.5. The molecular weight excluding hydrogens is 352 g/mol. The minimum absolute atomic E-state index is 0.0364. The molecule has 6 nitrogen and oxygen atoms in total. The number of carbonyl (C=O) groups is 1. The molecule has 2 aliphatic heterocycles. The van der Waals surface area contributed by atoms with E-state index in [9.17, 15) is 13.2 Å². The summed E-state index contributed by atoms with van der Waals surface area (Å²) in [6.07, 6.45) is 1.41. The standard InChI is InChI=1S/C16H21ClN2O4S/c17-14-3-5-15(6-4-14)24(21,22)19-7-1-2-13(12-19)16(20)18-8-10-23-11-9-18/h3-6,13H,1-2,7-12H2. The first kappa shape index (κ1) is 17.7. The Morgan fingerprint density at radius 3 is 2.46 bits per heavy atom. The highest BCUT2D eigenvalue weighted by Crippen LogP contribution is 2.26. The second kappa shape index (κ2) is 7.39. The lowest BCUT2D eigenvalue weighted by Gasteiger charge is -2.35. The largest absolute Gasteiger partial charge is 0.378 e. The van der Waals surface area contributed by atoms with Crippen molar-refractivity contribution >= 4 is 27.5 Å². The van der Waals surface area contributed by atoms with Gasteiger partial charge in [-0.1, -0.05) is 11.6 Å². The van der Waals surface area contributed by atoms with Crippen LogP contribution in [0.2, 0.25) is 5.02 Å². The van der Waals surface area contributed by atoms with Gasteiger partial charge in [0.2, 0.25) is 15.9 Å². The highest BCUT2D eigenvalue weighted by Gasteiger charge is 2.35. The third kappa shape index (κ3) is 3.74. The van der Waals surface area contributed by atoms with Crippen molar-refractivity contribution in [1.82, 2.24) is 9.21 Å². The van der Waals surface area contributed by atoms with E-state index in [1.165, 1.54) is 16.4 Å². The zero-order valence-corrected chi connectivity index (χ0v) is 14.9. The zero-order valence-electron chi connectivity index (χ0n) is 13.4. The molecule has 0 radical (unpaired) electrons. The van der Waals surface area contributed by atoms with Gasteiger partial charge in [0.15, 0.2) is 0 Å². The molecule has 2 heterocycles. The lowest BCUT2D eigenvalue weighted by atomic mass is 9.98. The third-order valence-electron chi connectivity index (χ3n) is 4.51. The Morgan fingerprint density at radius 2 is 1.79 bits per heavy atom. The highest BCUT2D eigenvalue weighted by atomic mass is 35.5. The van der Waals surface area contributed by atoms with Crippen LogP contribution < -0.4 is 0 Å². The summed E-state index contributed by atoms with van der Waals surface area (Å²) in [7, 11) is -3.60. The summed E-state index contributed by atoms with van der Waals surface area (Å²) in [5.74, 6) is -0.242. The smallest absolute Gasteiger partial charge is 0.243 e. The van der Waals surface area contributed by atoms with Crippen LogP contribution in [0, 0.1) is 5.92 Å². The van der Waals surface area contributed by atoms with Gasteiger partial charge in [0.05, 0.1) is 24.0 Å². The minimum atomic E-state index is -3.60. The highest BCUT2D eigenvalue weighted by molar-refractivity contribution is 7.89. The maximum atomic E-state index is 12.8. The van der Waals surface area contributed by atoms with E-state index >= 15 is 0 Å². The second-order valence-electron chi connectivity index (χ2n) is 6.09. The Labute approximate surface area is 147 Å². The lowest BCUT2D eigenvalue weighted by Crippen LogP contribution is -2.49. The molecule has 1 aromatic carbocycles. The number of hydrogen-bond donors (Lipinski definition) is 0. The molecule has 1 aromatic rings. The molecule has 0 spiro atoms. The molecular formula is C16H21ClN2O4S. The Kier molecular flexibility index (Phi) is 5.44. The molecule has 0 aliphatic carbocycles. The predicted molar refractivity (Wildman–Crippen MR) is 90.3 cm³/mol. The summed E-state index contributed by atoms with van der Waals surface area (Å²) in [5.41, 5.74) is 0. The second-order valence-corrected chi connectivity index (χ2v) is 8.47. The molecule has 0 saturated carbocycles. The van der Waals surface area contributed by atoms with Crippen molar-refractivity contribution in [3.63, 3.8) is 0 Å². The number of hydrogen-bond acceptors (Lipinski definition) is 4. The van der Waals surface area contributed by atoms with Crippen molar-refractivity contribution in [2.24, 2.45) is 5.92 Å². The number of benzene rings is 1. The molecule has 0 aromatic heterocycles. The molecule has 8 heteroatoms. The summed E-state index contributed by atoms with van der Waals surface area (Å²) in [6, 6.07) is 6.14. The Bertz CT molecular complexity index is 687. The minimum Gasteiger partial charge on any atom is -0.378 e. The molecule has 132 valence electrons. The van der Waals surface area contributed by atoms with Crippen molar-refractivity contribution in [1.29, 1.82) is 0 Å². The van der Waals surface area contributed by atoms with Gasteiger partial charge in [-0.3, -0.25) is 4.79 Å². The van der Waals surface area contributed by atoms with Gasteiger partial charge in [-0.05, 0) is 37.1 Å². The Morgan fingerprint density at radius 1 is 1.12 bits per heavy atom. The normalized spacial score (nSPS) is 23.2. The van der Waals surface area contributed by atoms with Gasteiger partial charge in [0.25, 0.3) is 0 Å². The SMILES string of the molecule is O=C(C1CCCN(S(=O)(=O)c2ccc(Cl)cc2)C1)N1CCOCC1. The van der Waals surface area contributed by atoms with Crippen molar-refractivity contribution in [2.45, 2.75) is 17.7 Å². The Hall–Kier alpha value is -1.15. The van der Waals surface area contributed by atoms with Crippen LogP contribution in [0.4, 0.5) is 0 Å². The van der Waals surface area contributed by atoms with Gasteiger partial charge >= 0.3 is 0 Å². The molecule has 3 rings (SSSR count). The number of ether oxygens (including phenoxy) is 1. The molecule has 1 unspecified atom stereocenters. The fourth-order valence-electron chi connectivity index (χ4n) is 3.16. The quantitative estimate of drug-likeness (QED) is 0.808. The van der Waals surface area contributed by atoms with E-state index < -0.39 is 10.0 Å². The van der Waals surface area contributed by atoms with Crippen molar-refractivity contribution < 1.29 is 17.9 Å². The summed E-state index contributed by atoms with van der Waals surface area (Å²) < 4.78 is 32.3. The maximum absolute atomic E-state index is 12.8. The van der Waals surface area contributed by atoms with Gasteiger partial charge in [-0.25, -0.2) is 8.42 Å². The summed E-state index contributed by atoms with van der Waals surface area (Å²) >= 11 is 5.83. The number of piperidine rings is 1. The summed E-state index contributed by atoms with van der Waals surface area (Å²) in [5, 5.41) is 0.493. The topological polar surface area (TPSA) is 66.9 Å².